The topological polar surface area (TPSA) is 0 Å². The van der Waals surface area contributed by atoms with E-state index in [0.717, 1.165) is 17.6 Å². The van der Waals surface area contributed by atoms with Gasteiger partial charge in [0.1, 0.15) is 0 Å². The first-order valence-corrected chi connectivity index (χ1v) is 3.29. The van der Waals surface area contributed by atoms with Gasteiger partial charge in [-0.15, -0.1) is 0 Å². The van der Waals surface area contributed by atoms with Crippen LogP contribution in [0, 0.1) is 0 Å². The summed E-state index contributed by atoms with van der Waals surface area (Å²) in [5, 5.41) is 0. The van der Waals surface area contributed by atoms with Crippen molar-refractivity contribution in [2.45, 2.75) is 13.3 Å². The highest BCUT2D eigenvalue weighted by atomic mass is 13.9. The average Bonchev–Trinajstić information content (AvgIpc) is 1.87. The van der Waals surface area contributed by atoms with Crippen molar-refractivity contribution in [1.29, 1.82) is 0 Å². The SMILES string of the molecule is C=CC(=C)C=CCC(=C)C. The molecule has 0 radical (unpaired) electrons. The maximum absolute atomic E-state index is 3.77. The molecule has 0 rings (SSSR count). The molecule has 0 aliphatic rings. The molecule has 0 N–H and O–H groups in total. The van der Waals surface area contributed by atoms with E-state index >= 15 is 0 Å². The van der Waals surface area contributed by atoms with Crippen LogP contribution in [0.2, 0.25) is 0 Å². The van der Waals surface area contributed by atoms with E-state index in [0.29, 0.717) is 0 Å². The first kappa shape index (κ1) is 8.96. The minimum Gasteiger partial charge on any atom is -0.0998 e. The second-order valence-electron chi connectivity index (χ2n) is 2.34. The summed E-state index contributed by atoms with van der Waals surface area (Å²) in [6.45, 7) is 13.1. The molecule has 0 fully saturated rings. The average molecular weight is 134 g/mol. The van der Waals surface area contributed by atoms with Crippen molar-refractivity contribution in [3.63, 3.8) is 0 Å². The van der Waals surface area contributed by atoms with Gasteiger partial charge in [-0.25, -0.2) is 0 Å². The Morgan fingerprint density at radius 2 is 2.00 bits per heavy atom. The van der Waals surface area contributed by atoms with Crippen molar-refractivity contribution in [3.8, 4) is 0 Å². The number of allylic oxidation sites excluding steroid dienone is 5. The van der Waals surface area contributed by atoms with Gasteiger partial charge in [0.25, 0.3) is 0 Å². The van der Waals surface area contributed by atoms with Crippen LogP contribution in [0.4, 0.5) is 0 Å². The Balaban J connectivity index is 3.66. The van der Waals surface area contributed by atoms with Crippen LogP contribution in [0.5, 0.6) is 0 Å². The van der Waals surface area contributed by atoms with Crippen molar-refractivity contribution in [2.24, 2.45) is 0 Å². The molecule has 54 valence electrons. The van der Waals surface area contributed by atoms with Gasteiger partial charge in [-0.3, -0.25) is 0 Å². The molecule has 0 spiro atoms. The quantitative estimate of drug-likeness (QED) is 0.409. The van der Waals surface area contributed by atoms with Gasteiger partial charge >= 0.3 is 0 Å². The predicted molar refractivity (Wildman–Crippen MR) is 47.9 cm³/mol. The molecule has 0 amide bonds. The minimum atomic E-state index is 0.923. The smallest absolute Gasteiger partial charge is 0.0141 e. The molecule has 0 bridgehead atoms. The first-order chi connectivity index (χ1) is 4.66. The van der Waals surface area contributed by atoms with Crippen molar-refractivity contribution >= 4 is 0 Å². The molecule has 0 aromatic rings. The summed E-state index contributed by atoms with van der Waals surface area (Å²) in [5.41, 5.74) is 2.11. The highest BCUT2D eigenvalue weighted by Gasteiger charge is 1.79. The van der Waals surface area contributed by atoms with Crippen molar-refractivity contribution in [2.75, 3.05) is 0 Å². The molecule has 10 heavy (non-hydrogen) atoms. The van der Waals surface area contributed by atoms with Crippen LogP contribution in [0.15, 0.2) is 49.1 Å². The van der Waals surface area contributed by atoms with Crippen LogP contribution in [0.3, 0.4) is 0 Å². The second kappa shape index (κ2) is 4.80. The van der Waals surface area contributed by atoms with E-state index in [1.54, 1.807) is 6.08 Å². The molecule has 0 heterocycles. The monoisotopic (exact) mass is 134 g/mol. The maximum Gasteiger partial charge on any atom is -0.0141 e. The molecule has 0 unspecified atom stereocenters. The Hall–Kier alpha value is -1.04. The largest absolute Gasteiger partial charge is 0.0998 e. The Morgan fingerprint density at radius 1 is 1.40 bits per heavy atom. The van der Waals surface area contributed by atoms with Gasteiger partial charge in [0, 0.05) is 0 Å². The molecule has 0 nitrogen and oxygen atoms in total. The number of hydrogen-bond donors (Lipinski definition) is 0. The summed E-state index contributed by atoms with van der Waals surface area (Å²) < 4.78 is 0. The summed E-state index contributed by atoms with van der Waals surface area (Å²) in [6.07, 6.45) is 6.63. The third kappa shape index (κ3) is 5.10. The molecule has 0 aliphatic carbocycles. The Morgan fingerprint density at radius 3 is 2.40 bits per heavy atom. The fourth-order valence-corrected chi connectivity index (χ4v) is 0.480. The van der Waals surface area contributed by atoms with E-state index in [-0.39, 0.29) is 0 Å². The zero-order valence-electron chi connectivity index (χ0n) is 6.56. The zero-order valence-corrected chi connectivity index (χ0v) is 6.56. The summed E-state index contributed by atoms with van der Waals surface area (Å²) in [7, 11) is 0. The highest BCUT2D eigenvalue weighted by Crippen LogP contribution is 1.99. The fourth-order valence-electron chi connectivity index (χ4n) is 0.480. The van der Waals surface area contributed by atoms with Gasteiger partial charge in [-0.05, 0) is 18.9 Å². The molecule has 0 saturated heterocycles. The van der Waals surface area contributed by atoms with E-state index in [9.17, 15) is 0 Å². The van der Waals surface area contributed by atoms with E-state index in [2.05, 4.69) is 19.7 Å². The third-order valence-corrected chi connectivity index (χ3v) is 1.06. The van der Waals surface area contributed by atoms with E-state index in [4.69, 9.17) is 0 Å². The normalized spacial score (nSPS) is 9.70. The molecular weight excluding hydrogens is 120 g/mol. The highest BCUT2D eigenvalue weighted by molar-refractivity contribution is 5.25. The summed E-state index contributed by atoms with van der Waals surface area (Å²) >= 11 is 0. The molecular formula is C10H14. The standard InChI is InChI=1S/C10H14/c1-5-10(4)8-6-7-9(2)3/h5-6,8H,1-2,4,7H2,3H3. The Kier molecular flexibility index (Phi) is 4.30. The predicted octanol–water partition coefficient (Wildman–Crippen LogP) is 3.25. The van der Waals surface area contributed by atoms with Crippen molar-refractivity contribution in [1.82, 2.24) is 0 Å². The first-order valence-electron chi connectivity index (χ1n) is 3.29. The molecule has 0 heteroatoms. The lowest BCUT2D eigenvalue weighted by Crippen LogP contribution is -1.68. The number of hydrogen-bond acceptors (Lipinski definition) is 0. The lowest BCUT2D eigenvalue weighted by atomic mass is 10.2. The minimum absolute atomic E-state index is 0.923. The molecule has 0 aromatic heterocycles. The Bertz CT molecular complexity index is 170. The van der Waals surface area contributed by atoms with Crippen molar-refractivity contribution < 1.29 is 0 Å². The van der Waals surface area contributed by atoms with Crippen LogP contribution >= 0.6 is 0 Å². The van der Waals surface area contributed by atoms with E-state index < -0.39 is 0 Å². The lowest BCUT2D eigenvalue weighted by Gasteiger charge is -1.89. The molecule has 0 aliphatic heterocycles. The maximum atomic E-state index is 3.77. The van der Waals surface area contributed by atoms with Gasteiger partial charge in [-0.1, -0.05) is 43.5 Å². The van der Waals surface area contributed by atoms with Crippen LogP contribution < -0.4 is 0 Å². The molecule has 0 saturated carbocycles. The summed E-state index contributed by atoms with van der Waals surface area (Å²) in [5.74, 6) is 0. The van der Waals surface area contributed by atoms with Gasteiger partial charge in [0.2, 0.25) is 0 Å². The zero-order chi connectivity index (χ0) is 7.98. The Labute approximate surface area is 63.3 Å². The van der Waals surface area contributed by atoms with E-state index in [1.165, 1.54) is 0 Å². The van der Waals surface area contributed by atoms with Crippen LogP contribution in [-0.4, -0.2) is 0 Å². The molecule has 0 atom stereocenters. The fraction of sp³-hybridized carbons (Fsp3) is 0.200. The van der Waals surface area contributed by atoms with Gasteiger partial charge in [-0.2, -0.15) is 0 Å². The summed E-state index contributed by atoms with van der Waals surface area (Å²) in [6, 6.07) is 0. The second-order valence-corrected chi connectivity index (χ2v) is 2.34. The van der Waals surface area contributed by atoms with Gasteiger partial charge in [0.05, 0.1) is 0 Å². The van der Waals surface area contributed by atoms with Crippen LogP contribution in [0.1, 0.15) is 13.3 Å². The molecule has 0 aromatic carbocycles. The lowest BCUT2D eigenvalue weighted by molar-refractivity contribution is 1.22. The van der Waals surface area contributed by atoms with E-state index in [1.807, 2.05) is 19.1 Å². The summed E-state index contributed by atoms with van der Waals surface area (Å²) in [4.78, 5) is 0. The van der Waals surface area contributed by atoms with Crippen LogP contribution in [0.25, 0.3) is 0 Å². The van der Waals surface area contributed by atoms with Crippen molar-refractivity contribution in [3.05, 3.63) is 49.1 Å². The van der Waals surface area contributed by atoms with Gasteiger partial charge < -0.3 is 0 Å². The number of rotatable bonds is 4. The van der Waals surface area contributed by atoms with Crippen LogP contribution in [-0.2, 0) is 0 Å². The third-order valence-electron chi connectivity index (χ3n) is 1.06. The van der Waals surface area contributed by atoms with Gasteiger partial charge in [0.15, 0.2) is 0 Å².